The number of benzene rings is 2. The normalized spacial score (nSPS) is 9.10. The van der Waals surface area contributed by atoms with E-state index in [1.165, 1.54) is 11.3 Å². The number of thiophene rings is 1. The quantitative estimate of drug-likeness (QED) is 0.608. The number of nitrogens with zero attached hydrogens (tertiary/aromatic N) is 2. The zero-order chi connectivity index (χ0) is 20.6. The molecule has 0 N–H and O–H groups in total. The summed E-state index contributed by atoms with van der Waals surface area (Å²) in [5.74, 6) is 13.5. The fourth-order valence-electron chi connectivity index (χ4n) is 2.43. The van der Waals surface area contributed by atoms with Crippen molar-refractivity contribution in [1.82, 2.24) is 0 Å². The predicted molar refractivity (Wildman–Crippen MR) is 112 cm³/mol. The molecule has 0 saturated heterocycles. The number of hydrogen-bond donors (Lipinski definition) is 0. The van der Waals surface area contributed by atoms with Crippen LogP contribution in [0.4, 0.5) is 0 Å². The molecule has 0 unspecified atom stereocenters. The van der Waals surface area contributed by atoms with Gasteiger partial charge in [-0.1, -0.05) is 11.8 Å². The molecule has 0 radical (unpaired) electrons. The molecule has 0 atom stereocenters. The minimum absolute atomic E-state index is 0.262. The van der Waals surface area contributed by atoms with Gasteiger partial charge in [-0.2, -0.15) is 10.5 Å². The van der Waals surface area contributed by atoms with Gasteiger partial charge in [-0.05, 0) is 60.4 Å². The number of methoxy groups -OCH3 is 2. The van der Waals surface area contributed by atoms with Crippen molar-refractivity contribution >= 4 is 11.3 Å². The molecule has 138 valence electrons. The first-order chi connectivity index (χ1) is 14.2. The average molecular weight is 394 g/mol. The Labute approximate surface area is 173 Å². The lowest BCUT2D eigenvalue weighted by Crippen LogP contribution is -1.83. The first-order valence-electron chi connectivity index (χ1n) is 8.47. The van der Waals surface area contributed by atoms with Gasteiger partial charge >= 0.3 is 0 Å². The van der Waals surface area contributed by atoms with Gasteiger partial charge in [0, 0.05) is 11.1 Å². The van der Waals surface area contributed by atoms with Crippen LogP contribution in [0.1, 0.15) is 32.0 Å². The Bertz CT molecular complexity index is 1140. The maximum absolute atomic E-state index is 9.51. The fraction of sp³-hybridized carbons (Fsp3) is 0.0833. The molecule has 0 bridgehead atoms. The first-order valence-corrected chi connectivity index (χ1v) is 9.29. The van der Waals surface area contributed by atoms with E-state index in [2.05, 4.69) is 35.8 Å². The molecule has 0 aliphatic heterocycles. The second-order valence-electron chi connectivity index (χ2n) is 5.69. The standard InChI is InChI=1S/C24H14N2O2S/c1-27-19-9-3-17(4-10-19)7-13-23-21(15-25)22(16-26)24(29-23)14-8-18-5-11-20(28-2)12-6-18/h3-6,9-12H,1-2H3. The van der Waals surface area contributed by atoms with Crippen molar-refractivity contribution in [2.24, 2.45) is 0 Å². The van der Waals surface area contributed by atoms with E-state index >= 15 is 0 Å². The second-order valence-corrected chi connectivity index (χ2v) is 6.71. The molecule has 0 spiro atoms. The summed E-state index contributed by atoms with van der Waals surface area (Å²) in [5.41, 5.74) is 2.09. The SMILES string of the molecule is COc1ccc(C#Cc2sc(C#Cc3ccc(OC)cc3)c(C#N)c2C#N)cc1. The molecule has 1 aromatic heterocycles. The molecule has 0 fully saturated rings. The van der Waals surface area contributed by atoms with Gasteiger partial charge in [-0.3, -0.25) is 0 Å². The monoisotopic (exact) mass is 394 g/mol. The van der Waals surface area contributed by atoms with E-state index in [0.29, 0.717) is 9.75 Å². The van der Waals surface area contributed by atoms with E-state index in [9.17, 15) is 10.5 Å². The van der Waals surface area contributed by atoms with Crippen molar-refractivity contribution in [2.45, 2.75) is 0 Å². The van der Waals surface area contributed by atoms with Crippen LogP contribution in [0.5, 0.6) is 11.5 Å². The van der Waals surface area contributed by atoms with Crippen LogP contribution in [0.25, 0.3) is 0 Å². The molecule has 5 heteroatoms. The number of rotatable bonds is 2. The first kappa shape index (κ1) is 19.6. The topological polar surface area (TPSA) is 66.0 Å². The molecular formula is C24H14N2O2S. The number of hydrogen-bond acceptors (Lipinski definition) is 5. The zero-order valence-electron chi connectivity index (χ0n) is 15.7. The van der Waals surface area contributed by atoms with E-state index in [-0.39, 0.29) is 11.1 Å². The summed E-state index contributed by atoms with van der Waals surface area (Å²) in [6.45, 7) is 0. The molecular weight excluding hydrogens is 380 g/mol. The summed E-state index contributed by atoms with van der Waals surface area (Å²) in [6.07, 6.45) is 0. The fourth-order valence-corrected chi connectivity index (χ4v) is 3.33. The third-order valence-electron chi connectivity index (χ3n) is 3.95. The van der Waals surface area contributed by atoms with Crippen LogP contribution in [-0.4, -0.2) is 14.2 Å². The highest BCUT2D eigenvalue weighted by molar-refractivity contribution is 7.13. The molecule has 3 aromatic rings. The Morgan fingerprint density at radius 3 is 1.31 bits per heavy atom. The minimum atomic E-state index is 0.262. The van der Waals surface area contributed by atoms with Gasteiger partial charge in [0.2, 0.25) is 0 Å². The Morgan fingerprint density at radius 2 is 1.00 bits per heavy atom. The van der Waals surface area contributed by atoms with Crippen LogP contribution in [0.2, 0.25) is 0 Å². The van der Waals surface area contributed by atoms with Gasteiger partial charge in [-0.15, -0.1) is 11.3 Å². The van der Waals surface area contributed by atoms with Crippen molar-refractivity contribution in [2.75, 3.05) is 14.2 Å². The van der Waals surface area contributed by atoms with Gasteiger partial charge < -0.3 is 9.47 Å². The second kappa shape index (κ2) is 9.16. The average Bonchev–Trinajstić information content (AvgIpc) is 3.13. The van der Waals surface area contributed by atoms with Crippen molar-refractivity contribution in [3.05, 3.63) is 80.5 Å². The highest BCUT2D eigenvalue weighted by Gasteiger charge is 2.15. The summed E-state index contributed by atoms with van der Waals surface area (Å²) < 4.78 is 10.3. The lowest BCUT2D eigenvalue weighted by atomic mass is 10.1. The van der Waals surface area contributed by atoms with Crippen molar-refractivity contribution < 1.29 is 9.47 Å². The Balaban J connectivity index is 1.96. The van der Waals surface area contributed by atoms with E-state index in [1.54, 1.807) is 14.2 Å². The number of ether oxygens (including phenoxy) is 2. The van der Waals surface area contributed by atoms with E-state index in [1.807, 2.05) is 48.5 Å². The van der Waals surface area contributed by atoms with Crippen LogP contribution >= 0.6 is 11.3 Å². The van der Waals surface area contributed by atoms with Crippen LogP contribution in [0.15, 0.2) is 48.5 Å². The van der Waals surface area contributed by atoms with E-state index in [4.69, 9.17) is 9.47 Å². The third kappa shape index (κ3) is 4.58. The molecule has 29 heavy (non-hydrogen) atoms. The van der Waals surface area contributed by atoms with Crippen LogP contribution < -0.4 is 9.47 Å². The van der Waals surface area contributed by atoms with Gasteiger partial charge in [0.25, 0.3) is 0 Å². The Kier molecular flexibility index (Phi) is 6.19. The molecule has 2 aromatic carbocycles. The molecule has 4 nitrogen and oxygen atoms in total. The van der Waals surface area contributed by atoms with Crippen molar-refractivity contribution in [3.8, 4) is 47.3 Å². The van der Waals surface area contributed by atoms with Gasteiger partial charge in [-0.25, -0.2) is 0 Å². The summed E-state index contributed by atoms with van der Waals surface area (Å²) >= 11 is 1.25. The molecule has 0 aliphatic carbocycles. The predicted octanol–water partition coefficient (Wildman–Crippen LogP) is 4.31. The maximum atomic E-state index is 9.51. The van der Waals surface area contributed by atoms with Crippen LogP contribution in [0, 0.1) is 46.3 Å². The molecule has 0 saturated carbocycles. The third-order valence-corrected chi connectivity index (χ3v) is 4.97. The maximum Gasteiger partial charge on any atom is 0.118 e. The van der Waals surface area contributed by atoms with Gasteiger partial charge in [0.15, 0.2) is 0 Å². The highest BCUT2D eigenvalue weighted by Crippen LogP contribution is 2.27. The molecule has 0 aliphatic rings. The molecule has 3 rings (SSSR count). The van der Waals surface area contributed by atoms with Crippen molar-refractivity contribution in [3.63, 3.8) is 0 Å². The van der Waals surface area contributed by atoms with Crippen molar-refractivity contribution in [1.29, 1.82) is 10.5 Å². The summed E-state index contributed by atoms with van der Waals surface area (Å²) in [5, 5.41) is 19.0. The smallest absolute Gasteiger partial charge is 0.118 e. The van der Waals surface area contributed by atoms with E-state index < -0.39 is 0 Å². The molecule has 1 heterocycles. The van der Waals surface area contributed by atoms with Gasteiger partial charge in [0.1, 0.15) is 23.6 Å². The summed E-state index contributed by atoms with van der Waals surface area (Å²) in [6, 6.07) is 18.8. The minimum Gasteiger partial charge on any atom is -0.497 e. The summed E-state index contributed by atoms with van der Waals surface area (Å²) in [4.78, 5) is 1.05. The number of nitriles is 2. The molecule has 0 amide bonds. The Hall–Kier alpha value is -4.16. The van der Waals surface area contributed by atoms with Gasteiger partial charge in [0.05, 0.1) is 35.1 Å². The zero-order valence-corrected chi connectivity index (χ0v) is 16.6. The Morgan fingerprint density at radius 1 is 0.621 bits per heavy atom. The lowest BCUT2D eigenvalue weighted by molar-refractivity contribution is 0.414. The van der Waals surface area contributed by atoms with Crippen LogP contribution in [-0.2, 0) is 0 Å². The highest BCUT2D eigenvalue weighted by atomic mass is 32.1. The summed E-state index contributed by atoms with van der Waals surface area (Å²) in [7, 11) is 3.20. The van der Waals surface area contributed by atoms with Crippen LogP contribution in [0.3, 0.4) is 0 Å². The largest absolute Gasteiger partial charge is 0.497 e. The lowest BCUT2D eigenvalue weighted by Gasteiger charge is -1.97. The van der Waals surface area contributed by atoms with E-state index in [0.717, 1.165) is 22.6 Å².